The van der Waals surface area contributed by atoms with Crippen molar-refractivity contribution in [2.24, 2.45) is 0 Å². The van der Waals surface area contributed by atoms with Crippen LogP contribution in [-0.4, -0.2) is 33.1 Å². The van der Waals surface area contributed by atoms with E-state index in [1.54, 1.807) is 36.4 Å². The number of alkyl halides is 1. The van der Waals surface area contributed by atoms with Gasteiger partial charge in [-0.3, -0.25) is 9.35 Å². The van der Waals surface area contributed by atoms with Gasteiger partial charge in [0.2, 0.25) is 0 Å². The Morgan fingerprint density at radius 2 is 1.81 bits per heavy atom. The number of hydrogen-bond donors (Lipinski definition) is 2. The number of hydrogen-bond acceptors (Lipinski definition) is 5. The molecule has 2 rings (SSSR count). The largest absolute Gasteiger partial charge is 0.497 e. The first-order valence-corrected chi connectivity index (χ1v) is 9.68. The lowest BCUT2D eigenvalue weighted by molar-refractivity contribution is -0.121. The van der Waals surface area contributed by atoms with Crippen LogP contribution in [0.2, 0.25) is 0 Å². The third kappa shape index (κ3) is 4.00. The first-order valence-electron chi connectivity index (χ1n) is 7.44. The molecule has 2 N–H and O–H groups in total. The molecule has 0 bridgehead atoms. The minimum absolute atomic E-state index is 0.0122. The average molecular weight is 444 g/mol. The van der Waals surface area contributed by atoms with Crippen LogP contribution in [0.4, 0.5) is 0 Å². The predicted octanol–water partition coefficient (Wildman–Crippen LogP) is 2.46. The summed E-state index contributed by atoms with van der Waals surface area (Å²) in [5, 5.41) is 2.51. The molecule has 9 heteroatoms. The maximum absolute atomic E-state index is 12.6. The van der Waals surface area contributed by atoms with Crippen molar-refractivity contribution < 1.29 is 27.2 Å². The number of rotatable bonds is 7. The molecule has 2 aromatic rings. The summed E-state index contributed by atoms with van der Waals surface area (Å²) in [5.74, 6) is 0.120. The van der Waals surface area contributed by atoms with E-state index in [-0.39, 0.29) is 12.1 Å². The van der Waals surface area contributed by atoms with Crippen molar-refractivity contribution in [1.29, 1.82) is 0 Å². The number of nitrogens with one attached hydrogen (secondary N) is 1. The Kier molecular flexibility index (Phi) is 6.27. The molecule has 0 radical (unpaired) electrons. The van der Waals surface area contributed by atoms with Gasteiger partial charge in [-0.1, -0.05) is 30.3 Å². The third-order valence-corrected chi connectivity index (χ3v) is 6.90. The van der Waals surface area contributed by atoms with Gasteiger partial charge in [-0.15, -0.1) is 0 Å². The summed E-state index contributed by atoms with van der Waals surface area (Å²) >= 11 is 2.91. The summed E-state index contributed by atoms with van der Waals surface area (Å²) in [5.41, 5.74) is 0.696. The summed E-state index contributed by atoms with van der Waals surface area (Å²) in [4.78, 5) is 12.6. The van der Waals surface area contributed by atoms with Crippen LogP contribution in [0.3, 0.4) is 0 Å². The van der Waals surface area contributed by atoms with Crippen molar-refractivity contribution >= 4 is 32.0 Å². The summed E-state index contributed by atoms with van der Waals surface area (Å²) in [6, 6.07) is 12.7. The van der Waals surface area contributed by atoms with E-state index >= 15 is 0 Å². The predicted molar refractivity (Wildman–Crippen MR) is 100.0 cm³/mol. The molecule has 0 aromatic heterocycles. The Labute approximate surface area is 160 Å². The second kappa shape index (κ2) is 8.07. The maximum atomic E-state index is 12.6. The first kappa shape index (κ1) is 20.2. The van der Waals surface area contributed by atoms with Crippen LogP contribution in [0.5, 0.6) is 11.5 Å². The molecule has 0 heterocycles. The van der Waals surface area contributed by atoms with Gasteiger partial charge in [0.05, 0.1) is 14.2 Å². The Hall–Kier alpha value is -2.10. The van der Waals surface area contributed by atoms with E-state index in [0.29, 0.717) is 17.1 Å². The molecule has 0 fully saturated rings. The zero-order chi connectivity index (χ0) is 19.4. The quantitative estimate of drug-likeness (QED) is 0.503. The standard InChI is InChI=1S/C17H18BrNO6S/c1-24-14-9-8-12(15(10-14)25-2)11-19-16(20)17(18,26(21,22)23)13-6-4-3-5-7-13/h3-10H,11H2,1-2H3,(H,19,20)(H,21,22,23). The second-order valence-corrected chi connectivity index (χ2v) is 8.57. The highest BCUT2D eigenvalue weighted by Gasteiger charge is 2.49. The van der Waals surface area contributed by atoms with Crippen LogP contribution in [0.15, 0.2) is 48.5 Å². The van der Waals surface area contributed by atoms with Crippen LogP contribution in [-0.2, 0) is 25.1 Å². The molecule has 0 spiro atoms. The highest BCUT2D eigenvalue weighted by atomic mass is 79.9. The molecule has 0 aliphatic carbocycles. The summed E-state index contributed by atoms with van der Waals surface area (Å²) < 4.78 is 41.5. The Morgan fingerprint density at radius 1 is 1.15 bits per heavy atom. The highest BCUT2D eigenvalue weighted by Crippen LogP contribution is 2.37. The van der Waals surface area contributed by atoms with E-state index in [0.717, 1.165) is 0 Å². The van der Waals surface area contributed by atoms with Gasteiger partial charge in [-0.2, -0.15) is 8.42 Å². The van der Waals surface area contributed by atoms with Crippen LogP contribution < -0.4 is 14.8 Å². The lowest BCUT2D eigenvalue weighted by atomic mass is 10.1. The SMILES string of the molecule is COc1ccc(CNC(=O)C(Br)(c2ccccc2)S(=O)(=O)O)c(OC)c1. The van der Waals surface area contributed by atoms with Crippen molar-refractivity contribution in [1.82, 2.24) is 5.32 Å². The van der Waals surface area contributed by atoms with Gasteiger partial charge in [0, 0.05) is 18.2 Å². The smallest absolute Gasteiger partial charge is 0.294 e. The van der Waals surface area contributed by atoms with E-state index in [4.69, 9.17) is 9.47 Å². The number of halogens is 1. The fraction of sp³-hybridized carbons (Fsp3) is 0.235. The average Bonchev–Trinajstić information content (AvgIpc) is 2.64. The molecule has 26 heavy (non-hydrogen) atoms. The number of carbonyl (C=O) groups excluding carboxylic acids is 1. The minimum Gasteiger partial charge on any atom is -0.497 e. The van der Waals surface area contributed by atoms with Crippen molar-refractivity contribution in [2.45, 2.75) is 10.2 Å². The molecule has 0 aliphatic heterocycles. The number of amides is 1. The molecule has 1 unspecified atom stereocenters. The molecule has 0 aliphatic rings. The molecular weight excluding hydrogens is 426 g/mol. The zero-order valence-corrected chi connectivity index (χ0v) is 16.5. The second-order valence-electron chi connectivity index (χ2n) is 5.30. The van der Waals surface area contributed by atoms with E-state index in [1.165, 1.54) is 26.4 Å². The molecule has 140 valence electrons. The molecule has 1 atom stereocenters. The van der Waals surface area contributed by atoms with E-state index in [2.05, 4.69) is 21.2 Å². The molecule has 1 amide bonds. The van der Waals surface area contributed by atoms with Crippen molar-refractivity contribution in [3.63, 3.8) is 0 Å². The van der Waals surface area contributed by atoms with Gasteiger partial charge in [-0.25, -0.2) is 0 Å². The molecule has 0 saturated heterocycles. The minimum atomic E-state index is -4.79. The van der Waals surface area contributed by atoms with Crippen LogP contribution >= 0.6 is 15.9 Å². The van der Waals surface area contributed by atoms with Gasteiger partial charge in [0.25, 0.3) is 19.7 Å². The lowest BCUT2D eigenvalue weighted by Crippen LogP contribution is -2.45. The number of benzene rings is 2. The Morgan fingerprint density at radius 3 is 2.35 bits per heavy atom. The third-order valence-electron chi connectivity index (χ3n) is 3.73. The summed E-state index contributed by atoms with van der Waals surface area (Å²) in [6.07, 6.45) is 0. The Balaban J connectivity index is 2.30. The topological polar surface area (TPSA) is 102 Å². The monoisotopic (exact) mass is 443 g/mol. The van der Waals surface area contributed by atoms with Gasteiger partial charge in [-0.05, 0) is 33.6 Å². The summed E-state index contributed by atoms with van der Waals surface area (Å²) in [6.45, 7) is -0.0122. The van der Waals surface area contributed by atoms with Crippen molar-refractivity contribution in [3.05, 3.63) is 59.7 Å². The lowest BCUT2D eigenvalue weighted by Gasteiger charge is -2.24. The fourth-order valence-corrected chi connectivity index (χ4v) is 3.48. The maximum Gasteiger partial charge on any atom is 0.294 e. The number of ether oxygens (including phenoxy) is 2. The van der Waals surface area contributed by atoms with Crippen molar-refractivity contribution in [3.8, 4) is 11.5 Å². The van der Waals surface area contributed by atoms with Crippen LogP contribution in [0.1, 0.15) is 11.1 Å². The van der Waals surface area contributed by atoms with Crippen molar-refractivity contribution in [2.75, 3.05) is 14.2 Å². The number of carbonyl (C=O) groups is 1. The van der Waals surface area contributed by atoms with Gasteiger partial charge >= 0.3 is 0 Å². The first-order chi connectivity index (χ1) is 12.2. The number of methoxy groups -OCH3 is 2. The molecular formula is C17H18BrNO6S. The van der Waals surface area contributed by atoms with E-state index < -0.39 is 19.7 Å². The normalized spacial score (nSPS) is 13.5. The van der Waals surface area contributed by atoms with E-state index in [1.807, 2.05) is 0 Å². The van der Waals surface area contributed by atoms with Crippen LogP contribution in [0, 0.1) is 0 Å². The van der Waals surface area contributed by atoms with Gasteiger partial charge in [0.15, 0.2) is 0 Å². The molecule has 0 saturated carbocycles. The fourth-order valence-electron chi connectivity index (χ4n) is 2.34. The van der Waals surface area contributed by atoms with Crippen LogP contribution in [0.25, 0.3) is 0 Å². The van der Waals surface area contributed by atoms with E-state index in [9.17, 15) is 17.8 Å². The Bertz CT molecular complexity index is 887. The highest BCUT2D eigenvalue weighted by molar-refractivity contribution is 9.11. The van der Waals surface area contributed by atoms with Gasteiger partial charge < -0.3 is 14.8 Å². The molecule has 7 nitrogen and oxygen atoms in total. The molecule has 2 aromatic carbocycles. The zero-order valence-electron chi connectivity index (χ0n) is 14.1. The van der Waals surface area contributed by atoms with Gasteiger partial charge in [0.1, 0.15) is 11.5 Å². The summed E-state index contributed by atoms with van der Waals surface area (Å²) in [7, 11) is -1.81.